The summed E-state index contributed by atoms with van der Waals surface area (Å²) in [6, 6.07) is 1.38. The molecule has 2 heterocycles. The molecule has 0 bridgehead atoms. The summed E-state index contributed by atoms with van der Waals surface area (Å²) in [6.45, 7) is 2.58. The SMILES string of the molecule is CC1(C(=O)O)CCN(C(=O)NCc2ccno2)C1. The van der Waals surface area contributed by atoms with E-state index in [1.165, 1.54) is 11.1 Å². The van der Waals surface area contributed by atoms with Gasteiger partial charge < -0.3 is 19.8 Å². The minimum absolute atomic E-state index is 0.227. The summed E-state index contributed by atoms with van der Waals surface area (Å²) >= 11 is 0. The number of carboxylic acids is 1. The quantitative estimate of drug-likeness (QED) is 0.825. The number of nitrogens with one attached hydrogen (secondary N) is 1. The van der Waals surface area contributed by atoms with Crippen LogP contribution in [0, 0.1) is 5.41 Å². The number of carbonyl (C=O) groups is 2. The van der Waals surface area contributed by atoms with E-state index in [4.69, 9.17) is 9.63 Å². The predicted molar refractivity (Wildman–Crippen MR) is 60.7 cm³/mol. The molecule has 0 aromatic carbocycles. The van der Waals surface area contributed by atoms with Crippen molar-refractivity contribution < 1.29 is 19.2 Å². The van der Waals surface area contributed by atoms with E-state index in [1.807, 2.05) is 0 Å². The highest BCUT2D eigenvalue weighted by molar-refractivity contribution is 5.79. The number of urea groups is 1. The molecule has 1 aliphatic heterocycles. The molecular formula is C11H15N3O4. The Morgan fingerprint density at radius 3 is 3.00 bits per heavy atom. The number of hydrogen-bond donors (Lipinski definition) is 2. The molecule has 98 valence electrons. The number of aliphatic carboxylic acids is 1. The Balaban J connectivity index is 1.86. The zero-order valence-corrected chi connectivity index (χ0v) is 10.0. The highest BCUT2D eigenvalue weighted by Gasteiger charge is 2.42. The molecule has 2 amide bonds. The van der Waals surface area contributed by atoms with Gasteiger partial charge in [0.1, 0.15) is 0 Å². The summed E-state index contributed by atoms with van der Waals surface area (Å²) in [7, 11) is 0. The van der Waals surface area contributed by atoms with Crippen LogP contribution in [0.15, 0.2) is 16.8 Å². The molecule has 1 aromatic rings. The summed E-state index contributed by atoms with van der Waals surface area (Å²) in [5, 5.41) is 15.3. The molecule has 1 unspecified atom stereocenters. The van der Waals surface area contributed by atoms with Crippen LogP contribution < -0.4 is 5.32 Å². The zero-order valence-electron chi connectivity index (χ0n) is 10.0. The number of amides is 2. The van der Waals surface area contributed by atoms with Gasteiger partial charge >= 0.3 is 12.0 Å². The second kappa shape index (κ2) is 4.67. The first kappa shape index (κ1) is 12.4. The van der Waals surface area contributed by atoms with Crippen molar-refractivity contribution in [3.8, 4) is 0 Å². The van der Waals surface area contributed by atoms with Crippen LogP contribution in [0.1, 0.15) is 19.1 Å². The van der Waals surface area contributed by atoms with E-state index in [2.05, 4.69) is 10.5 Å². The minimum Gasteiger partial charge on any atom is -0.481 e. The molecule has 1 aromatic heterocycles. The molecule has 0 aliphatic carbocycles. The molecule has 0 spiro atoms. The molecule has 1 fully saturated rings. The number of nitrogens with zero attached hydrogens (tertiary/aromatic N) is 2. The smallest absolute Gasteiger partial charge is 0.317 e. The second-order valence-electron chi connectivity index (χ2n) is 4.67. The van der Waals surface area contributed by atoms with Crippen molar-refractivity contribution in [1.82, 2.24) is 15.4 Å². The van der Waals surface area contributed by atoms with Crippen LogP contribution in [0.4, 0.5) is 4.79 Å². The van der Waals surface area contributed by atoms with E-state index in [9.17, 15) is 9.59 Å². The fourth-order valence-electron chi connectivity index (χ4n) is 1.92. The summed E-state index contributed by atoms with van der Waals surface area (Å²) in [5.41, 5.74) is -0.844. The first-order valence-corrected chi connectivity index (χ1v) is 5.67. The van der Waals surface area contributed by atoms with Gasteiger partial charge in [-0.25, -0.2) is 4.79 Å². The summed E-state index contributed by atoms with van der Waals surface area (Å²) in [6.07, 6.45) is 1.97. The third-order valence-corrected chi connectivity index (χ3v) is 3.18. The molecule has 0 radical (unpaired) electrons. The van der Waals surface area contributed by atoms with Crippen molar-refractivity contribution in [2.24, 2.45) is 5.41 Å². The van der Waals surface area contributed by atoms with Gasteiger partial charge in [0.05, 0.1) is 18.2 Å². The predicted octanol–water partition coefficient (Wildman–Crippen LogP) is 0.681. The van der Waals surface area contributed by atoms with Crippen molar-refractivity contribution in [3.05, 3.63) is 18.0 Å². The van der Waals surface area contributed by atoms with Gasteiger partial charge in [0, 0.05) is 19.2 Å². The number of aromatic nitrogens is 1. The van der Waals surface area contributed by atoms with Gasteiger partial charge in [-0.1, -0.05) is 5.16 Å². The molecule has 18 heavy (non-hydrogen) atoms. The molecular weight excluding hydrogens is 238 g/mol. The van der Waals surface area contributed by atoms with Gasteiger partial charge in [-0.2, -0.15) is 0 Å². The van der Waals surface area contributed by atoms with Gasteiger partial charge in [-0.05, 0) is 13.3 Å². The lowest BCUT2D eigenvalue weighted by atomic mass is 9.90. The van der Waals surface area contributed by atoms with E-state index in [1.54, 1.807) is 13.0 Å². The standard InChI is InChI=1S/C11H15N3O4/c1-11(9(15)16)3-5-14(7-11)10(17)12-6-8-2-4-13-18-8/h2,4H,3,5-7H2,1H3,(H,12,17)(H,15,16). The Morgan fingerprint density at radius 2 is 2.44 bits per heavy atom. The fraction of sp³-hybridized carbons (Fsp3) is 0.545. The molecule has 2 N–H and O–H groups in total. The van der Waals surface area contributed by atoms with E-state index < -0.39 is 11.4 Å². The van der Waals surface area contributed by atoms with Crippen LogP contribution in [0.2, 0.25) is 0 Å². The molecule has 2 rings (SSSR count). The lowest BCUT2D eigenvalue weighted by molar-refractivity contribution is -0.146. The van der Waals surface area contributed by atoms with Crippen LogP contribution in [0.25, 0.3) is 0 Å². The third-order valence-electron chi connectivity index (χ3n) is 3.18. The summed E-state index contributed by atoms with van der Waals surface area (Å²) in [4.78, 5) is 24.4. The third kappa shape index (κ3) is 2.44. The molecule has 7 heteroatoms. The van der Waals surface area contributed by atoms with Crippen molar-refractivity contribution in [1.29, 1.82) is 0 Å². The first-order chi connectivity index (χ1) is 8.51. The number of carbonyl (C=O) groups excluding carboxylic acids is 1. The van der Waals surface area contributed by atoms with Gasteiger partial charge in [-0.3, -0.25) is 4.79 Å². The van der Waals surface area contributed by atoms with Gasteiger partial charge in [0.2, 0.25) is 0 Å². The molecule has 1 aliphatic rings. The fourth-order valence-corrected chi connectivity index (χ4v) is 1.92. The maximum atomic E-state index is 11.8. The largest absolute Gasteiger partial charge is 0.481 e. The summed E-state index contributed by atoms with van der Waals surface area (Å²) < 4.78 is 4.85. The van der Waals surface area contributed by atoms with Crippen molar-refractivity contribution in [2.75, 3.05) is 13.1 Å². The highest BCUT2D eigenvalue weighted by Crippen LogP contribution is 2.29. The Morgan fingerprint density at radius 1 is 1.67 bits per heavy atom. The van der Waals surface area contributed by atoms with Crippen LogP contribution in [0.3, 0.4) is 0 Å². The van der Waals surface area contributed by atoms with Gasteiger partial charge in [0.15, 0.2) is 5.76 Å². The second-order valence-corrected chi connectivity index (χ2v) is 4.67. The first-order valence-electron chi connectivity index (χ1n) is 5.67. The highest BCUT2D eigenvalue weighted by atomic mass is 16.5. The minimum atomic E-state index is -0.868. The Labute approximate surface area is 104 Å². The van der Waals surface area contributed by atoms with Crippen LogP contribution >= 0.6 is 0 Å². The zero-order chi connectivity index (χ0) is 13.2. The van der Waals surface area contributed by atoms with E-state index in [0.29, 0.717) is 18.7 Å². The van der Waals surface area contributed by atoms with E-state index in [-0.39, 0.29) is 19.1 Å². The number of hydrogen-bond acceptors (Lipinski definition) is 4. The van der Waals surface area contributed by atoms with Crippen LogP contribution in [0.5, 0.6) is 0 Å². The lowest BCUT2D eigenvalue weighted by Crippen LogP contribution is -2.40. The van der Waals surface area contributed by atoms with Crippen LogP contribution in [-0.4, -0.2) is 40.3 Å². The maximum absolute atomic E-state index is 11.8. The van der Waals surface area contributed by atoms with E-state index >= 15 is 0 Å². The molecule has 1 atom stereocenters. The normalized spacial score (nSPS) is 23.1. The lowest BCUT2D eigenvalue weighted by Gasteiger charge is -2.20. The Hall–Kier alpha value is -2.05. The van der Waals surface area contributed by atoms with Gasteiger partial charge in [0.25, 0.3) is 0 Å². The van der Waals surface area contributed by atoms with Crippen molar-refractivity contribution in [2.45, 2.75) is 19.9 Å². The van der Waals surface area contributed by atoms with Crippen LogP contribution in [-0.2, 0) is 11.3 Å². The topological polar surface area (TPSA) is 95.7 Å². The number of carboxylic acid groups (broad SMARTS) is 1. The molecule has 1 saturated heterocycles. The average Bonchev–Trinajstić information content (AvgIpc) is 2.95. The Bertz CT molecular complexity index is 445. The Kier molecular flexibility index (Phi) is 3.22. The molecule has 0 saturated carbocycles. The number of rotatable bonds is 3. The number of likely N-dealkylation sites (tertiary alicyclic amines) is 1. The van der Waals surface area contributed by atoms with Crippen molar-refractivity contribution in [3.63, 3.8) is 0 Å². The maximum Gasteiger partial charge on any atom is 0.317 e. The monoisotopic (exact) mass is 253 g/mol. The average molecular weight is 253 g/mol. The van der Waals surface area contributed by atoms with E-state index in [0.717, 1.165) is 0 Å². The molecule has 7 nitrogen and oxygen atoms in total. The van der Waals surface area contributed by atoms with Gasteiger partial charge in [-0.15, -0.1) is 0 Å². The summed E-state index contributed by atoms with van der Waals surface area (Å²) in [5.74, 6) is -0.309. The van der Waals surface area contributed by atoms with Crippen molar-refractivity contribution >= 4 is 12.0 Å².